The van der Waals surface area contributed by atoms with Crippen LogP contribution in [0.25, 0.3) is 0 Å². The second-order valence-corrected chi connectivity index (χ2v) is 6.84. The number of aromatic nitrogens is 2. The van der Waals surface area contributed by atoms with E-state index in [1.807, 2.05) is 44.2 Å². The van der Waals surface area contributed by atoms with Gasteiger partial charge in [-0.2, -0.15) is 0 Å². The molecule has 1 atom stereocenters. The van der Waals surface area contributed by atoms with Crippen molar-refractivity contribution in [3.8, 4) is 0 Å². The summed E-state index contributed by atoms with van der Waals surface area (Å²) in [5.41, 5.74) is 1.00. The molecule has 0 fully saturated rings. The van der Waals surface area contributed by atoms with Gasteiger partial charge in [-0.3, -0.25) is 4.79 Å². The molecule has 106 valence electrons. The molecule has 2 rings (SSSR count). The first-order valence-electron chi connectivity index (χ1n) is 6.28. The average molecular weight is 308 g/mol. The molecule has 0 saturated carbocycles. The largest absolute Gasteiger partial charge is 0.461 e. The fourth-order valence-corrected chi connectivity index (χ4v) is 3.32. The van der Waals surface area contributed by atoms with Crippen LogP contribution >= 0.6 is 23.1 Å². The van der Waals surface area contributed by atoms with Crippen LogP contribution in [0.1, 0.15) is 17.5 Å². The predicted molar refractivity (Wildman–Crippen MR) is 80.8 cm³/mol. The predicted octanol–water partition coefficient (Wildman–Crippen LogP) is 3.32. The topological polar surface area (TPSA) is 52.1 Å². The second-order valence-electron chi connectivity index (χ2n) is 4.39. The molecular formula is C14H16N2O2S2. The van der Waals surface area contributed by atoms with Gasteiger partial charge in [-0.25, -0.2) is 0 Å². The van der Waals surface area contributed by atoms with E-state index in [0.717, 1.165) is 14.9 Å². The third-order valence-electron chi connectivity index (χ3n) is 2.59. The van der Waals surface area contributed by atoms with Gasteiger partial charge in [0, 0.05) is 5.75 Å². The summed E-state index contributed by atoms with van der Waals surface area (Å²) in [6.45, 7) is 4.11. The van der Waals surface area contributed by atoms with E-state index in [0.29, 0.717) is 12.4 Å². The van der Waals surface area contributed by atoms with Gasteiger partial charge in [0.15, 0.2) is 4.34 Å². The molecule has 0 aliphatic rings. The molecule has 0 amide bonds. The summed E-state index contributed by atoms with van der Waals surface area (Å²) in [5.74, 6) is 0.318. The number of benzene rings is 1. The SMILES string of the molecule is Cc1nnc(SCC(C)C(=O)OCc2ccccc2)s1. The first-order chi connectivity index (χ1) is 9.65. The highest BCUT2D eigenvalue weighted by Crippen LogP contribution is 2.24. The van der Waals surface area contributed by atoms with E-state index >= 15 is 0 Å². The van der Waals surface area contributed by atoms with Gasteiger partial charge in [0.05, 0.1) is 5.92 Å². The van der Waals surface area contributed by atoms with Crippen molar-refractivity contribution in [2.45, 2.75) is 24.8 Å². The number of carbonyl (C=O) groups excluding carboxylic acids is 1. The molecule has 0 saturated heterocycles. The summed E-state index contributed by atoms with van der Waals surface area (Å²) in [7, 11) is 0. The Balaban J connectivity index is 1.74. The van der Waals surface area contributed by atoms with Crippen LogP contribution in [0.2, 0.25) is 0 Å². The summed E-state index contributed by atoms with van der Waals surface area (Å²) in [4.78, 5) is 11.9. The zero-order valence-electron chi connectivity index (χ0n) is 11.4. The average Bonchev–Trinajstić information content (AvgIpc) is 2.89. The highest BCUT2D eigenvalue weighted by molar-refractivity contribution is 8.01. The Labute approximate surface area is 126 Å². The van der Waals surface area contributed by atoms with Crippen LogP contribution in [0, 0.1) is 12.8 Å². The standard InChI is InChI=1S/C14H16N2O2S2/c1-10(9-19-14-16-15-11(2)20-14)13(17)18-8-12-6-4-3-5-7-12/h3-7,10H,8-9H2,1-2H3. The smallest absolute Gasteiger partial charge is 0.309 e. The van der Waals surface area contributed by atoms with Crippen molar-refractivity contribution in [1.29, 1.82) is 0 Å². The first kappa shape index (κ1) is 15.0. The molecule has 0 bridgehead atoms. The maximum absolute atomic E-state index is 11.9. The Morgan fingerprint density at radius 2 is 2.10 bits per heavy atom. The molecule has 0 N–H and O–H groups in total. The summed E-state index contributed by atoms with van der Waals surface area (Å²) in [6.07, 6.45) is 0. The van der Waals surface area contributed by atoms with Crippen molar-refractivity contribution < 1.29 is 9.53 Å². The van der Waals surface area contributed by atoms with Crippen molar-refractivity contribution in [2.75, 3.05) is 5.75 Å². The first-order valence-corrected chi connectivity index (χ1v) is 8.09. The Morgan fingerprint density at radius 1 is 1.35 bits per heavy atom. The van der Waals surface area contributed by atoms with Gasteiger partial charge in [0.2, 0.25) is 0 Å². The maximum Gasteiger partial charge on any atom is 0.309 e. The third-order valence-corrected chi connectivity index (χ3v) is 4.82. The molecule has 1 aromatic carbocycles. The van der Waals surface area contributed by atoms with Gasteiger partial charge >= 0.3 is 5.97 Å². The minimum atomic E-state index is -0.178. The molecule has 6 heteroatoms. The number of carbonyl (C=O) groups is 1. The lowest BCUT2D eigenvalue weighted by Gasteiger charge is -2.10. The van der Waals surface area contributed by atoms with E-state index in [1.165, 1.54) is 0 Å². The zero-order chi connectivity index (χ0) is 14.4. The molecule has 1 heterocycles. The van der Waals surface area contributed by atoms with Crippen molar-refractivity contribution >= 4 is 29.1 Å². The van der Waals surface area contributed by atoms with E-state index in [2.05, 4.69) is 10.2 Å². The molecule has 2 aromatic rings. The highest BCUT2D eigenvalue weighted by atomic mass is 32.2. The number of ether oxygens (including phenoxy) is 1. The fraction of sp³-hybridized carbons (Fsp3) is 0.357. The lowest BCUT2D eigenvalue weighted by atomic mass is 10.2. The zero-order valence-corrected chi connectivity index (χ0v) is 13.0. The molecule has 0 spiro atoms. The summed E-state index contributed by atoms with van der Waals surface area (Å²) in [5, 5.41) is 8.90. The van der Waals surface area contributed by atoms with Gasteiger partial charge in [-0.05, 0) is 12.5 Å². The van der Waals surface area contributed by atoms with Gasteiger partial charge in [0.1, 0.15) is 11.6 Å². The monoisotopic (exact) mass is 308 g/mol. The maximum atomic E-state index is 11.9. The number of hydrogen-bond donors (Lipinski definition) is 0. The summed E-state index contributed by atoms with van der Waals surface area (Å²) in [6, 6.07) is 9.68. The highest BCUT2D eigenvalue weighted by Gasteiger charge is 2.16. The minimum absolute atomic E-state index is 0.159. The van der Waals surface area contributed by atoms with Crippen LogP contribution in [0.3, 0.4) is 0 Å². The Bertz CT molecular complexity index is 557. The lowest BCUT2D eigenvalue weighted by molar-refractivity contribution is -0.148. The molecular weight excluding hydrogens is 292 g/mol. The van der Waals surface area contributed by atoms with Crippen molar-refractivity contribution in [3.05, 3.63) is 40.9 Å². The van der Waals surface area contributed by atoms with Crippen molar-refractivity contribution in [2.24, 2.45) is 5.92 Å². The van der Waals surface area contributed by atoms with Crippen LogP contribution in [0.5, 0.6) is 0 Å². The molecule has 1 aromatic heterocycles. The number of thioether (sulfide) groups is 1. The fourth-order valence-electron chi connectivity index (χ4n) is 1.47. The Hall–Kier alpha value is -1.40. The minimum Gasteiger partial charge on any atom is -0.461 e. The van der Waals surface area contributed by atoms with Gasteiger partial charge in [-0.15, -0.1) is 10.2 Å². The van der Waals surface area contributed by atoms with E-state index in [9.17, 15) is 4.79 Å². The van der Waals surface area contributed by atoms with Crippen LogP contribution < -0.4 is 0 Å². The number of hydrogen-bond acceptors (Lipinski definition) is 6. The van der Waals surface area contributed by atoms with Crippen molar-refractivity contribution in [1.82, 2.24) is 10.2 Å². The van der Waals surface area contributed by atoms with Gasteiger partial charge < -0.3 is 4.74 Å². The van der Waals surface area contributed by atoms with Gasteiger partial charge in [-0.1, -0.05) is 60.4 Å². The molecule has 0 radical (unpaired) electrons. The normalized spacial score (nSPS) is 12.1. The summed E-state index contributed by atoms with van der Waals surface area (Å²) >= 11 is 3.08. The van der Waals surface area contributed by atoms with E-state index in [-0.39, 0.29) is 11.9 Å². The van der Waals surface area contributed by atoms with Crippen LogP contribution in [-0.4, -0.2) is 21.9 Å². The number of esters is 1. The van der Waals surface area contributed by atoms with Crippen LogP contribution in [0.15, 0.2) is 34.7 Å². The van der Waals surface area contributed by atoms with E-state index < -0.39 is 0 Å². The quantitative estimate of drug-likeness (QED) is 0.605. The van der Waals surface area contributed by atoms with E-state index in [1.54, 1.807) is 23.1 Å². The Morgan fingerprint density at radius 3 is 2.75 bits per heavy atom. The lowest BCUT2D eigenvalue weighted by Crippen LogP contribution is -2.16. The van der Waals surface area contributed by atoms with E-state index in [4.69, 9.17) is 4.74 Å². The number of rotatable bonds is 6. The Kier molecular flexibility index (Phi) is 5.55. The molecule has 0 aliphatic heterocycles. The molecule has 1 unspecified atom stereocenters. The number of aryl methyl sites for hydroxylation is 1. The van der Waals surface area contributed by atoms with Crippen LogP contribution in [0.4, 0.5) is 0 Å². The molecule has 20 heavy (non-hydrogen) atoms. The number of nitrogens with zero attached hydrogens (tertiary/aromatic N) is 2. The van der Waals surface area contributed by atoms with Crippen LogP contribution in [-0.2, 0) is 16.1 Å². The third kappa shape index (κ3) is 4.61. The summed E-state index contributed by atoms with van der Waals surface area (Å²) < 4.78 is 6.19. The second kappa shape index (κ2) is 7.40. The van der Waals surface area contributed by atoms with Crippen molar-refractivity contribution in [3.63, 3.8) is 0 Å². The van der Waals surface area contributed by atoms with Gasteiger partial charge in [0.25, 0.3) is 0 Å². The molecule has 4 nitrogen and oxygen atoms in total. The molecule has 0 aliphatic carbocycles.